The SMILES string of the molecule is COC(=O)CC(C)(O)c1ccc(Oc2ccccc2F)cc1. The molecule has 1 atom stereocenters. The second-order valence-corrected chi connectivity index (χ2v) is 5.08. The number of carbonyl (C=O) groups excluding carboxylic acids is 1. The van der Waals surface area contributed by atoms with Crippen molar-refractivity contribution in [3.63, 3.8) is 0 Å². The molecule has 1 unspecified atom stereocenters. The Labute approximate surface area is 128 Å². The van der Waals surface area contributed by atoms with Crippen LogP contribution in [0.1, 0.15) is 18.9 Å². The van der Waals surface area contributed by atoms with E-state index in [1.807, 2.05) is 0 Å². The average molecular weight is 304 g/mol. The van der Waals surface area contributed by atoms with E-state index in [1.54, 1.807) is 36.4 Å². The zero-order valence-corrected chi connectivity index (χ0v) is 12.4. The van der Waals surface area contributed by atoms with Crippen LogP contribution in [0.4, 0.5) is 4.39 Å². The minimum Gasteiger partial charge on any atom is -0.469 e. The summed E-state index contributed by atoms with van der Waals surface area (Å²) in [5, 5.41) is 10.3. The van der Waals surface area contributed by atoms with E-state index in [4.69, 9.17) is 4.74 Å². The third-order valence-corrected chi connectivity index (χ3v) is 3.26. The van der Waals surface area contributed by atoms with Crippen molar-refractivity contribution < 1.29 is 23.8 Å². The maximum atomic E-state index is 13.5. The molecule has 5 heteroatoms. The van der Waals surface area contributed by atoms with Gasteiger partial charge >= 0.3 is 5.97 Å². The number of rotatable bonds is 5. The molecule has 0 aromatic heterocycles. The lowest BCUT2D eigenvalue weighted by Crippen LogP contribution is -2.25. The molecule has 0 saturated heterocycles. The van der Waals surface area contributed by atoms with Crippen molar-refractivity contribution in [3.05, 3.63) is 59.9 Å². The van der Waals surface area contributed by atoms with E-state index in [-0.39, 0.29) is 12.2 Å². The smallest absolute Gasteiger partial charge is 0.308 e. The van der Waals surface area contributed by atoms with Crippen molar-refractivity contribution in [2.45, 2.75) is 18.9 Å². The maximum absolute atomic E-state index is 13.5. The van der Waals surface area contributed by atoms with Crippen LogP contribution in [0.15, 0.2) is 48.5 Å². The summed E-state index contributed by atoms with van der Waals surface area (Å²) in [7, 11) is 1.27. The van der Waals surface area contributed by atoms with Crippen molar-refractivity contribution >= 4 is 5.97 Å². The van der Waals surface area contributed by atoms with Crippen LogP contribution < -0.4 is 4.74 Å². The van der Waals surface area contributed by atoms with Gasteiger partial charge < -0.3 is 14.6 Å². The minimum absolute atomic E-state index is 0.122. The van der Waals surface area contributed by atoms with E-state index in [9.17, 15) is 14.3 Å². The fourth-order valence-electron chi connectivity index (χ4n) is 1.99. The summed E-state index contributed by atoms with van der Waals surface area (Å²) in [5.41, 5.74) is -0.803. The van der Waals surface area contributed by atoms with Crippen molar-refractivity contribution in [2.75, 3.05) is 7.11 Å². The normalized spacial score (nSPS) is 13.3. The highest BCUT2D eigenvalue weighted by Gasteiger charge is 2.27. The third kappa shape index (κ3) is 3.83. The van der Waals surface area contributed by atoms with E-state index in [0.717, 1.165) is 0 Å². The first-order valence-corrected chi connectivity index (χ1v) is 6.74. The number of esters is 1. The number of ether oxygens (including phenoxy) is 2. The summed E-state index contributed by atoms with van der Waals surface area (Å²) < 4.78 is 23.5. The second kappa shape index (κ2) is 6.58. The van der Waals surface area contributed by atoms with E-state index in [0.29, 0.717) is 11.3 Å². The highest BCUT2D eigenvalue weighted by molar-refractivity contribution is 5.70. The molecule has 0 saturated carbocycles. The molecule has 116 valence electrons. The molecule has 0 amide bonds. The zero-order valence-electron chi connectivity index (χ0n) is 12.4. The Morgan fingerprint density at radius 2 is 1.82 bits per heavy atom. The average Bonchev–Trinajstić information content (AvgIpc) is 2.49. The number of benzene rings is 2. The Morgan fingerprint density at radius 1 is 1.18 bits per heavy atom. The van der Waals surface area contributed by atoms with Crippen molar-refractivity contribution in [1.82, 2.24) is 0 Å². The van der Waals surface area contributed by atoms with Gasteiger partial charge in [-0.05, 0) is 36.8 Å². The highest BCUT2D eigenvalue weighted by Crippen LogP contribution is 2.29. The Kier molecular flexibility index (Phi) is 4.78. The minimum atomic E-state index is -1.34. The van der Waals surface area contributed by atoms with Gasteiger partial charge in [-0.15, -0.1) is 0 Å². The molecule has 0 bridgehead atoms. The van der Waals surface area contributed by atoms with Crippen LogP contribution in [0.5, 0.6) is 11.5 Å². The van der Waals surface area contributed by atoms with Gasteiger partial charge in [-0.1, -0.05) is 24.3 Å². The number of carbonyl (C=O) groups is 1. The third-order valence-electron chi connectivity index (χ3n) is 3.26. The molecule has 1 N–H and O–H groups in total. The maximum Gasteiger partial charge on any atom is 0.308 e. The van der Waals surface area contributed by atoms with Gasteiger partial charge in [-0.2, -0.15) is 0 Å². The number of methoxy groups -OCH3 is 1. The number of hydrogen-bond acceptors (Lipinski definition) is 4. The Bertz CT molecular complexity index is 650. The van der Waals surface area contributed by atoms with Crippen LogP contribution in [0.2, 0.25) is 0 Å². The van der Waals surface area contributed by atoms with Gasteiger partial charge in [-0.25, -0.2) is 4.39 Å². The Balaban J connectivity index is 2.13. The van der Waals surface area contributed by atoms with Crippen molar-refractivity contribution in [1.29, 1.82) is 0 Å². The van der Waals surface area contributed by atoms with Gasteiger partial charge in [0, 0.05) is 0 Å². The van der Waals surface area contributed by atoms with E-state index < -0.39 is 17.4 Å². The summed E-state index contributed by atoms with van der Waals surface area (Å²) in [6, 6.07) is 12.5. The molecule has 0 fully saturated rings. The topological polar surface area (TPSA) is 55.8 Å². The lowest BCUT2D eigenvalue weighted by molar-refractivity contribution is -0.145. The van der Waals surface area contributed by atoms with E-state index in [1.165, 1.54) is 26.2 Å². The number of aliphatic hydroxyl groups is 1. The van der Waals surface area contributed by atoms with Gasteiger partial charge in [0.2, 0.25) is 0 Å². The van der Waals surface area contributed by atoms with Gasteiger partial charge in [0.15, 0.2) is 11.6 Å². The number of para-hydroxylation sites is 1. The van der Waals surface area contributed by atoms with E-state index >= 15 is 0 Å². The molecule has 0 heterocycles. The van der Waals surface area contributed by atoms with Crippen LogP contribution in [0.25, 0.3) is 0 Å². The monoisotopic (exact) mass is 304 g/mol. The molecular weight excluding hydrogens is 287 g/mol. The van der Waals surface area contributed by atoms with Crippen molar-refractivity contribution in [3.8, 4) is 11.5 Å². The summed E-state index contributed by atoms with van der Waals surface area (Å²) in [4.78, 5) is 11.3. The molecule has 2 rings (SSSR count). The fraction of sp³-hybridized carbons (Fsp3) is 0.235. The molecule has 2 aromatic carbocycles. The molecular formula is C17H17FO4. The second-order valence-electron chi connectivity index (χ2n) is 5.08. The molecule has 0 radical (unpaired) electrons. The van der Waals surface area contributed by atoms with Crippen molar-refractivity contribution in [2.24, 2.45) is 0 Å². The van der Waals surface area contributed by atoms with Crippen LogP contribution >= 0.6 is 0 Å². The molecule has 0 aliphatic heterocycles. The highest BCUT2D eigenvalue weighted by atomic mass is 19.1. The Morgan fingerprint density at radius 3 is 2.41 bits per heavy atom. The molecule has 4 nitrogen and oxygen atoms in total. The standard InChI is InChI=1S/C17H17FO4/c1-17(20,11-16(19)21-2)12-7-9-13(10-8-12)22-15-6-4-3-5-14(15)18/h3-10,20H,11H2,1-2H3. The summed E-state index contributed by atoms with van der Waals surface area (Å²) in [6.45, 7) is 1.52. The molecule has 0 aliphatic rings. The zero-order chi connectivity index (χ0) is 16.2. The fourth-order valence-corrected chi connectivity index (χ4v) is 1.99. The first-order chi connectivity index (χ1) is 10.4. The molecule has 22 heavy (non-hydrogen) atoms. The van der Waals surface area contributed by atoms with Crippen LogP contribution in [0, 0.1) is 5.82 Å². The van der Waals surface area contributed by atoms with Gasteiger partial charge in [-0.3, -0.25) is 4.79 Å². The van der Waals surface area contributed by atoms with Crippen LogP contribution in [0.3, 0.4) is 0 Å². The van der Waals surface area contributed by atoms with Crippen LogP contribution in [-0.2, 0) is 15.1 Å². The lowest BCUT2D eigenvalue weighted by Gasteiger charge is -2.22. The largest absolute Gasteiger partial charge is 0.469 e. The van der Waals surface area contributed by atoms with Gasteiger partial charge in [0.1, 0.15) is 5.75 Å². The first-order valence-electron chi connectivity index (χ1n) is 6.74. The predicted octanol–water partition coefficient (Wildman–Crippen LogP) is 3.39. The first kappa shape index (κ1) is 16.0. The summed E-state index contributed by atoms with van der Waals surface area (Å²) >= 11 is 0. The van der Waals surface area contributed by atoms with Gasteiger partial charge in [0.25, 0.3) is 0 Å². The Hall–Kier alpha value is -2.40. The van der Waals surface area contributed by atoms with Crippen LogP contribution in [-0.4, -0.2) is 18.2 Å². The lowest BCUT2D eigenvalue weighted by atomic mass is 9.92. The van der Waals surface area contributed by atoms with Gasteiger partial charge in [0.05, 0.1) is 19.1 Å². The molecule has 2 aromatic rings. The summed E-state index contributed by atoms with van der Waals surface area (Å²) in [6.07, 6.45) is -0.156. The molecule has 0 spiro atoms. The predicted molar refractivity (Wildman–Crippen MR) is 79.1 cm³/mol. The quantitative estimate of drug-likeness (QED) is 0.860. The molecule has 0 aliphatic carbocycles. The van der Waals surface area contributed by atoms with E-state index in [2.05, 4.69) is 4.74 Å². The number of halogens is 1. The summed E-state index contributed by atoms with van der Waals surface area (Å²) in [5.74, 6) is -0.403. The number of hydrogen-bond donors (Lipinski definition) is 1.